The summed E-state index contributed by atoms with van der Waals surface area (Å²) in [5, 5.41) is 4.61. The Hall–Kier alpha value is -3.08. The van der Waals surface area contributed by atoms with Gasteiger partial charge in [0.15, 0.2) is 5.58 Å². The zero-order valence-corrected chi connectivity index (χ0v) is 26.0. The number of para-hydroxylation sites is 1. The van der Waals surface area contributed by atoms with E-state index in [0.29, 0.717) is 5.92 Å². The second kappa shape index (κ2) is 9.83. The molecule has 0 saturated carbocycles. The van der Waals surface area contributed by atoms with Crippen LogP contribution in [0.4, 0.5) is 17.1 Å². The van der Waals surface area contributed by atoms with Gasteiger partial charge >= 0.3 is 0 Å². The molecule has 0 radical (unpaired) electrons. The number of anilines is 3. The SMILES string of the molecule is CC(C)c1ccccc1N(c1ccc2ccccc2c1)c1ccc(Br)c2c1oc1c(C(C)(C)C)ccc(Br)c12. The van der Waals surface area contributed by atoms with Crippen LogP contribution in [0, 0.1) is 0 Å². The van der Waals surface area contributed by atoms with E-state index < -0.39 is 0 Å². The molecule has 0 atom stereocenters. The van der Waals surface area contributed by atoms with Crippen molar-refractivity contribution >= 4 is 81.6 Å². The highest BCUT2D eigenvalue weighted by Gasteiger charge is 2.27. The third kappa shape index (κ3) is 4.48. The average Bonchev–Trinajstić information content (AvgIpc) is 3.32. The Kier molecular flexibility index (Phi) is 6.60. The minimum absolute atomic E-state index is 0.0677. The molecule has 0 spiro atoms. The number of rotatable bonds is 4. The zero-order chi connectivity index (χ0) is 27.5. The van der Waals surface area contributed by atoms with E-state index in [2.05, 4.69) is 162 Å². The third-order valence-corrected chi connectivity index (χ3v) is 8.81. The molecule has 0 fully saturated rings. The van der Waals surface area contributed by atoms with Gasteiger partial charge in [-0.25, -0.2) is 0 Å². The summed E-state index contributed by atoms with van der Waals surface area (Å²) in [6, 6.07) is 32.6. The van der Waals surface area contributed by atoms with Crippen LogP contribution in [0.1, 0.15) is 51.7 Å². The van der Waals surface area contributed by atoms with Crippen molar-refractivity contribution in [3.63, 3.8) is 0 Å². The van der Waals surface area contributed by atoms with Gasteiger partial charge in [0.05, 0.1) is 5.69 Å². The summed E-state index contributed by atoms with van der Waals surface area (Å²) < 4.78 is 8.96. The minimum atomic E-state index is -0.0677. The van der Waals surface area contributed by atoms with Crippen LogP contribution in [-0.4, -0.2) is 0 Å². The first kappa shape index (κ1) is 26.2. The second-order valence-electron chi connectivity index (χ2n) is 11.5. The number of hydrogen-bond acceptors (Lipinski definition) is 2. The van der Waals surface area contributed by atoms with Crippen molar-refractivity contribution in [2.75, 3.05) is 4.90 Å². The van der Waals surface area contributed by atoms with E-state index >= 15 is 0 Å². The van der Waals surface area contributed by atoms with Crippen molar-refractivity contribution in [1.29, 1.82) is 0 Å². The molecule has 0 bridgehead atoms. The lowest BCUT2D eigenvalue weighted by Crippen LogP contribution is -2.13. The topological polar surface area (TPSA) is 16.4 Å². The van der Waals surface area contributed by atoms with E-state index in [1.54, 1.807) is 0 Å². The molecule has 0 saturated heterocycles. The van der Waals surface area contributed by atoms with Crippen molar-refractivity contribution in [1.82, 2.24) is 0 Å². The van der Waals surface area contributed by atoms with Gasteiger partial charge in [0, 0.05) is 36.7 Å². The van der Waals surface area contributed by atoms with Crippen molar-refractivity contribution in [2.45, 2.75) is 46.0 Å². The maximum atomic E-state index is 6.91. The van der Waals surface area contributed by atoms with Gasteiger partial charge in [-0.1, -0.05) is 121 Å². The molecule has 0 N–H and O–H groups in total. The summed E-state index contributed by atoms with van der Waals surface area (Å²) in [5.74, 6) is 0.354. The van der Waals surface area contributed by atoms with Crippen LogP contribution < -0.4 is 4.90 Å². The second-order valence-corrected chi connectivity index (χ2v) is 13.2. The van der Waals surface area contributed by atoms with Crippen LogP contribution in [0.5, 0.6) is 0 Å². The first-order valence-electron chi connectivity index (χ1n) is 13.4. The molecular weight excluding hydrogens is 610 g/mol. The van der Waals surface area contributed by atoms with Gasteiger partial charge in [-0.2, -0.15) is 0 Å². The molecule has 6 rings (SSSR count). The molecular formula is C35H31Br2NO. The van der Waals surface area contributed by atoms with Crippen molar-refractivity contribution in [3.8, 4) is 0 Å². The summed E-state index contributed by atoms with van der Waals surface area (Å²) >= 11 is 7.72. The van der Waals surface area contributed by atoms with E-state index in [0.717, 1.165) is 47.9 Å². The van der Waals surface area contributed by atoms with Crippen LogP contribution >= 0.6 is 31.9 Å². The number of hydrogen-bond donors (Lipinski definition) is 0. The Morgan fingerprint density at radius 1 is 0.667 bits per heavy atom. The summed E-state index contributed by atoms with van der Waals surface area (Å²) in [7, 11) is 0. The van der Waals surface area contributed by atoms with Crippen LogP contribution in [0.3, 0.4) is 0 Å². The number of halogens is 2. The largest absolute Gasteiger partial charge is 0.453 e. The molecule has 0 unspecified atom stereocenters. The number of furan rings is 1. The predicted octanol–water partition coefficient (Wildman–Crippen LogP) is 12.2. The van der Waals surface area contributed by atoms with Gasteiger partial charge in [-0.15, -0.1) is 0 Å². The highest BCUT2D eigenvalue weighted by molar-refractivity contribution is 9.11. The molecule has 4 heteroatoms. The first-order chi connectivity index (χ1) is 18.6. The fourth-order valence-corrected chi connectivity index (χ4v) is 6.57. The van der Waals surface area contributed by atoms with E-state index in [1.807, 2.05) is 0 Å². The molecule has 0 aliphatic carbocycles. The molecule has 39 heavy (non-hydrogen) atoms. The highest BCUT2D eigenvalue weighted by atomic mass is 79.9. The van der Waals surface area contributed by atoms with Gasteiger partial charge < -0.3 is 9.32 Å². The fraction of sp³-hybridized carbons (Fsp3) is 0.200. The molecule has 1 aromatic heterocycles. The van der Waals surface area contributed by atoms with E-state index in [1.165, 1.54) is 21.9 Å². The Morgan fingerprint density at radius 2 is 1.31 bits per heavy atom. The maximum absolute atomic E-state index is 6.91. The maximum Gasteiger partial charge on any atom is 0.160 e. The van der Waals surface area contributed by atoms with Crippen molar-refractivity contribution in [2.24, 2.45) is 0 Å². The molecule has 0 amide bonds. The Balaban J connectivity index is 1.73. The molecule has 196 valence electrons. The Labute approximate surface area is 246 Å². The van der Waals surface area contributed by atoms with Crippen LogP contribution in [0.15, 0.2) is 104 Å². The molecule has 0 aliphatic heterocycles. The molecule has 6 aromatic rings. The average molecular weight is 641 g/mol. The minimum Gasteiger partial charge on any atom is -0.453 e. The standard InChI is InChI=1S/C35H31Br2NO/c1-21(2)25-12-8-9-13-29(25)38(24-15-14-22-10-6-7-11-23(22)20-24)30-19-18-28(37)32-31-27(36)17-16-26(35(3,4)5)33(31)39-34(30)32/h6-21H,1-5H3. The Bertz CT molecular complexity index is 1860. The van der Waals surface area contributed by atoms with Gasteiger partial charge in [-0.3, -0.25) is 0 Å². The lowest BCUT2D eigenvalue weighted by atomic mass is 9.86. The van der Waals surface area contributed by atoms with E-state index in [9.17, 15) is 0 Å². The fourth-order valence-electron chi connectivity index (χ4n) is 5.55. The van der Waals surface area contributed by atoms with Gasteiger partial charge in [0.1, 0.15) is 5.58 Å². The number of fused-ring (bicyclic) bond motifs is 4. The number of benzene rings is 5. The quantitative estimate of drug-likeness (QED) is 0.190. The summed E-state index contributed by atoms with van der Waals surface area (Å²) in [4.78, 5) is 2.36. The highest BCUT2D eigenvalue weighted by Crippen LogP contribution is 2.49. The van der Waals surface area contributed by atoms with Gasteiger partial charge in [-0.05, 0) is 64.1 Å². The van der Waals surface area contributed by atoms with Crippen molar-refractivity contribution in [3.05, 3.63) is 111 Å². The molecule has 2 nitrogen and oxygen atoms in total. The van der Waals surface area contributed by atoms with E-state index in [4.69, 9.17) is 4.42 Å². The molecule has 5 aromatic carbocycles. The lowest BCUT2D eigenvalue weighted by molar-refractivity contribution is 0.573. The van der Waals surface area contributed by atoms with Crippen LogP contribution in [0.2, 0.25) is 0 Å². The summed E-state index contributed by atoms with van der Waals surface area (Å²) in [5.41, 5.74) is 7.47. The normalized spacial score (nSPS) is 12.2. The van der Waals surface area contributed by atoms with Gasteiger partial charge in [0.2, 0.25) is 0 Å². The van der Waals surface area contributed by atoms with Crippen LogP contribution in [0.25, 0.3) is 32.7 Å². The molecule has 1 heterocycles. The lowest BCUT2D eigenvalue weighted by Gasteiger charge is -2.29. The number of nitrogens with zero attached hydrogens (tertiary/aromatic N) is 1. The van der Waals surface area contributed by atoms with Crippen LogP contribution in [-0.2, 0) is 5.41 Å². The summed E-state index contributed by atoms with van der Waals surface area (Å²) in [6.45, 7) is 11.2. The zero-order valence-electron chi connectivity index (χ0n) is 22.8. The molecule has 0 aliphatic rings. The third-order valence-electron chi connectivity index (χ3n) is 7.49. The Morgan fingerprint density at radius 3 is 2.03 bits per heavy atom. The summed E-state index contributed by atoms with van der Waals surface area (Å²) in [6.07, 6.45) is 0. The predicted molar refractivity (Wildman–Crippen MR) is 174 cm³/mol. The van der Waals surface area contributed by atoms with Crippen molar-refractivity contribution < 1.29 is 4.42 Å². The van der Waals surface area contributed by atoms with Gasteiger partial charge in [0.25, 0.3) is 0 Å². The smallest absolute Gasteiger partial charge is 0.160 e. The first-order valence-corrected chi connectivity index (χ1v) is 15.0. The monoisotopic (exact) mass is 639 g/mol. The van der Waals surface area contributed by atoms with E-state index in [-0.39, 0.29) is 5.41 Å².